The molecular formula is C20H32N4O. The maximum atomic E-state index is 12.1. The van der Waals surface area contributed by atoms with Crippen LogP contribution in [0.4, 0.5) is 0 Å². The fourth-order valence-electron chi connectivity index (χ4n) is 3.75. The Hall–Kier alpha value is -1.43. The van der Waals surface area contributed by atoms with Gasteiger partial charge in [0.25, 0.3) is 0 Å². The van der Waals surface area contributed by atoms with E-state index in [1.54, 1.807) is 0 Å². The third-order valence-electron chi connectivity index (χ3n) is 5.33. The number of piperazine rings is 1. The van der Waals surface area contributed by atoms with Crippen LogP contribution in [0.15, 0.2) is 30.3 Å². The standard InChI is InChI=1S/C20H32N4O/c25-20(19-8-4-9-21-16-19)22-10-5-11-23-12-14-24(15-13-23)17-18-6-2-1-3-7-18/h1-3,6-7,19,21H,4-5,8-17H2,(H,22,25). The summed E-state index contributed by atoms with van der Waals surface area (Å²) in [5.74, 6) is 0.412. The predicted octanol–water partition coefficient (Wildman–Crippen LogP) is 1.31. The highest BCUT2D eigenvalue weighted by Gasteiger charge is 2.20. The number of carbonyl (C=O) groups excluding carboxylic acids is 1. The van der Waals surface area contributed by atoms with Gasteiger partial charge in [-0.25, -0.2) is 0 Å². The predicted molar refractivity (Wildman–Crippen MR) is 101 cm³/mol. The molecule has 2 aliphatic heterocycles. The molecule has 5 nitrogen and oxygen atoms in total. The molecule has 1 aromatic rings. The van der Waals surface area contributed by atoms with Crippen molar-refractivity contribution in [1.29, 1.82) is 0 Å². The first-order chi connectivity index (χ1) is 12.3. The van der Waals surface area contributed by atoms with Crippen molar-refractivity contribution in [2.24, 2.45) is 5.92 Å². The molecular weight excluding hydrogens is 312 g/mol. The van der Waals surface area contributed by atoms with Crippen molar-refractivity contribution in [3.63, 3.8) is 0 Å². The second kappa shape index (κ2) is 9.90. The summed E-state index contributed by atoms with van der Waals surface area (Å²) in [5.41, 5.74) is 1.40. The zero-order valence-electron chi connectivity index (χ0n) is 15.3. The second-order valence-corrected chi connectivity index (χ2v) is 7.29. The summed E-state index contributed by atoms with van der Waals surface area (Å²) >= 11 is 0. The van der Waals surface area contributed by atoms with Crippen molar-refractivity contribution in [2.45, 2.75) is 25.8 Å². The van der Waals surface area contributed by atoms with Crippen LogP contribution in [0, 0.1) is 5.92 Å². The largest absolute Gasteiger partial charge is 0.356 e. The fourth-order valence-corrected chi connectivity index (χ4v) is 3.75. The molecule has 0 bridgehead atoms. The van der Waals surface area contributed by atoms with Gasteiger partial charge in [0.05, 0.1) is 5.92 Å². The van der Waals surface area contributed by atoms with E-state index in [0.717, 1.165) is 78.2 Å². The third kappa shape index (κ3) is 6.10. The minimum Gasteiger partial charge on any atom is -0.356 e. The minimum absolute atomic E-state index is 0.176. The average Bonchev–Trinajstić information content (AvgIpc) is 2.68. The van der Waals surface area contributed by atoms with Crippen LogP contribution >= 0.6 is 0 Å². The summed E-state index contributed by atoms with van der Waals surface area (Å²) in [7, 11) is 0. The number of hydrogen-bond donors (Lipinski definition) is 2. The van der Waals surface area contributed by atoms with Crippen molar-refractivity contribution in [2.75, 3.05) is 52.4 Å². The van der Waals surface area contributed by atoms with Gasteiger partial charge in [-0.2, -0.15) is 0 Å². The highest BCUT2D eigenvalue weighted by atomic mass is 16.1. The Balaban J connectivity index is 1.26. The van der Waals surface area contributed by atoms with Crippen LogP contribution in [0.3, 0.4) is 0 Å². The summed E-state index contributed by atoms with van der Waals surface area (Å²) in [6.45, 7) is 9.38. The summed E-state index contributed by atoms with van der Waals surface area (Å²) in [4.78, 5) is 17.1. The molecule has 25 heavy (non-hydrogen) atoms. The number of nitrogens with zero attached hydrogens (tertiary/aromatic N) is 2. The summed E-state index contributed by atoms with van der Waals surface area (Å²) < 4.78 is 0. The van der Waals surface area contributed by atoms with Gasteiger partial charge in [0, 0.05) is 45.8 Å². The van der Waals surface area contributed by atoms with Crippen LogP contribution in [0.25, 0.3) is 0 Å². The van der Waals surface area contributed by atoms with E-state index in [2.05, 4.69) is 50.8 Å². The summed E-state index contributed by atoms with van der Waals surface area (Å²) in [5, 5.41) is 6.42. The van der Waals surface area contributed by atoms with Gasteiger partial charge < -0.3 is 15.5 Å². The second-order valence-electron chi connectivity index (χ2n) is 7.29. The number of rotatable bonds is 7. The molecule has 3 rings (SSSR count). The van der Waals surface area contributed by atoms with Gasteiger partial charge in [0.2, 0.25) is 5.91 Å². The van der Waals surface area contributed by atoms with E-state index in [-0.39, 0.29) is 11.8 Å². The van der Waals surface area contributed by atoms with Gasteiger partial charge in [-0.3, -0.25) is 9.69 Å². The molecule has 1 aromatic carbocycles. The van der Waals surface area contributed by atoms with Crippen LogP contribution in [0.1, 0.15) is 24.8 Å². The van der Waals surface area contributed by atoms with E-state index >= 15 is 0 Å². The lowest BCUT2D eigenvalue weighted by Gasteiger charge is -2.34. The van der Waals surface area contributed by atoms with Gasteiger partial charge in [0.1, 0.15) is 0 Å². The number of piperidine rings is 1. The fraction of sp³-hybridized carbons (Fsp3) is 0.650. The Bertz CT molecular complexity index is 508. The number of carbonyl (C=O) groups is 1. The van der Waals surface area contributed by atoms with Crippen molar-refractivity contribution < 1.29 is 4.79 Å². The van der Waals surface area contributed by atoms with Gasteiger partial charge in [-0.1, -0.05) is 30.3 Å². The Kier molecular flexibility index (Phi) is 7.27. The van der Waals surface area contributed by atoms with E-state index in [1.807, 2.05) is 0 Å². The molecule has 2 N–H and O–H groups in total. The molecule has 2 fully saturated rings. The minimum atomic E-state index is 0.176. The summed E-state index contributed by atoms with van der Waals surface area (Å²) in [6, 6.07) is 10.7. The molecule has 2 aliphatic rings. The Morgan fingerprint density at radius 1 is 1.12 bits per heavy atom. The number of nitrogens with one attached hydrogen (secondary N) is 2. The molecule has 5 heteroatoms. The van der Waals surface area contributed by atoms with E-state index in [1.165, 1.54) is 5.56 Å². The van der Waals surface area contributed by atoms with Gasteiger partial charge >= 0.3 is 0 Å². The number of benzene rings is 1. The Morgan fingerprint density at radius 3 is 2.60 bits per heavy atom. The normalized spacial score (nSPS) is 22.6. The molecule has 0 aromatic heterocycles. The Labute approximate surface area is 151 Å². The molecule has 1 unspecified atom stereocenters. The molecule has 1 atom stereocenters. The molecule has 0 spiro atoms. The highest BCUT2D eigenvalue weighted by molar-refractivity contribution is 5.78. The number of hydrogen-bond acceptors (Lipinski definition) is 4. The monoisotopic (exact) mass is 344 g/mol. The van der Waals surface area contributed by atoms with E-state index in [4.69, 9.17) is 0 Å². The molecule has 2 heterocycles. The van der Waals surface area contributed by atoms with Crippen molar-refractivity contribution >= 4 is 5.91 Å². The van der Waals surface area contributed by atoms with Crippen molar-refractivity contribution in [3.05, 3.63) is 35.9 Å². The van der Waals surface area contributed by atoms with E-state index in [9.17, 15) is 4.79 Å². The third-order valence-corrected chi connectivity index (χ3v) is 5.33. The van der Waals surface area contributed by atoms with Crippen LogP contribution in [0.5, 0.6) is 0 Å². The first-order valence-corrected chi connectivity index (χ1v) is 9.78. The lowest BCUT2D eigenvalue weighted by Crippen LogP contribution is -2.46. The van der Waals surface area contributed by atoms with Gasteiger partial charge in [-0.15, -0.1) is 0 Å². The lowest BCUT2D eigenvalue weighted by molar-refractivity contribution is -0.125. The average molecular weight is 345 g/mol. The first kappa shape index (κ1) is 18.4. The van der Waals surface area contributed by atoms with Gasteiger partial charge in [-0.05, 0) is 37.9 Å². The zero-order chi connectivity index (χ0) is 17.3. The van der Waals surface area contributed by atoms with Crippen LogP contribution in [-0.4, -0.2) is 68.1 Å². The van der Waals surface area contributed by atoms with Crippen molar-refractivity contribution in [1.82, 2.24) is 20.4 Å². The van der Waals surface area contributed by atoms with Crippen LogP contribution in [0.2, 0.25) is 0 Å². The SMILES string of the molecule is O=C(NCCCN1CCN(Cc2ccccc2)CC1)C1CCCNC1. The lowest BCUT2D eigenvalue weighted by atomic mass is 9.99. The summed E-state index contributed by atoms with van der Waals surface area (Å²) in [6.07, 6.45) is 3.19. The highest BCUT2D eigenvalue weighted by Crippen LogP contribution is 2.10. The van der Waals surface area contributed by atoms with Crippen molar-refractivity contribution in [3.8, 4) is 0 Å². The molecule has 0 radical (unpaired) electrons. The van der Waals surface area contributed by atoms with Crippen LogP contribution in [-0.2, 0) is 11.3 Å². The zero-order valence-corrected chi connectivity index (χ0v) is 15.3. The molecule has 138 valence electrons. The first-order valence-electron chi connectivity index (χ1n) is 9.78. The quantitative estimate of drug-likeness (QED) is 0.732. The molecule has 1 amide bonds. The maximum Gasteiger partial charge on any atom is 0.224 e. The molecule has 0 saturated carbocycles. The van der Waals surface area contributed by atoms with Gasteiger partial charge in [0.15, 0.2) is 0 Å². The number of amides is 1. The topological polar surface area (TPSA) is 47.6 Å². The van der Waals surface area contributed by atoms with E-state index < -0.39 is 0 Å². The maximum absolute atomic E-state index is 12.1. The van der Waals surface area contributed by atoms with Crippen LogP contribution < -0.4 is 10.6 Å². The Morgan fingerprint density at radius 2 is 1.88 bits per heavy atom. The molecule has 2 saturated heterocycles. The van der Waals surface area contributed by atoms with E-state index in [0.29, 0.717) is 0 Å². The smallest absolute Gasteiger partial charge is 0.224 e. The molecule has 0 aliphatic carbocycles.